The number of phosphoric acid groups is 1. The molecular formula is C50H100N2O6P+. The van der Waals surface area contributed by atoms with Gasteiger partial charge in [-0.2, -0.15) is 0 Å². The molecule has 0 aromatic rings. The number of unbranched alkanes of at least 4 members (excludes halogenated alkanes) is 31. The number of aliphatic hydroxyl groups excluding tert-OH is 1. The summed E-state index contributed by atoms with van der Waals surface area (Å²) in [6.45, 7) is 4.82. The van der Waals surface area contributed by atoms with Gasteiger partial charge in [-0.15, -0.1) is 0 Å². The van der Waals surface area contributed by atoms with E-state index in [0.717, 1.165) is 38.5 Å². The predicted octanol–water partition coefficient (Wildman–Crippen LogP) is 14.5. The molecule has 0 aliphatic heterocycles. The van der Waals surface area contributed by atoms with Crippen LogP contribution in [0.5, 0.6) is 0 Å². The van der Waals surface area contributed by atoms with Crippen molar-refractivity contribution in [1.82, 2.24) is 5.32 Å². The lowest BCUT2D eigenvalue weighted by Gasteiger charge is -2.25. The summed E-state index contributed by atoms with van der Waals surface area (Å²) in [5.41, 5.74) is 0. The third-order valence-electron chi connectivity index (χ3n) is 11.4. The van der Waals surface area contributed by atoms with E-state index in [1.54, 1.807) is 6.08 Å². The van der Waals surface area contributed by atoms with Crippen molar-refractivity contribution in [2.24, 2.45) is 0 Å². The van der Waals surface area contributed by atoms with Crippen LogP contribution >= 0.6 is 7.82 Å². The Hall–Kier alpha value is -1.02. The number of carbonyl (C=O) groups excluding carboxylic acids is 1. The number of hydrogen-bond donors (Lipinski definition) is 3. The first kappa shape index (κ1) is 58.0. The van der Waals surface area contributed by atoms with E-state index in [9.17, 15) is 19.4 Å². The van der Waals surface area contributed by atoms with Crippen molar-refractivity contribution in [3.8, 4) is 0 Å². The monoisotopic (exact) mass is 856 g/mol. The number of aliphatic hydroxyl groups is 1. The van der Waals surface area contributed by atoms with Crippen molar-refractivity contribution >= 4 is 13.7 Å². The molecule has 0 saturated heterocycles. The highest BCUT2D eigenvalue weighted by Gasteiger charge is 2.27. The van der Waals surface area contributed by atoms with Gasteiger partial charge >= 0.3 is 7.82 Å². The molecule has 0 heterocycles. The van der Waals surface area contributed by atoms with Gasteiger partial charge in [0.25, 0.3) is 0 Å². The molecule has 9 heteroatoms. The summed E-state index contributed by atoms with van der Waals surface area (Å²) < 4.78 is 23.6. The van der Waals surface area contributed by atoms with Gasteiger partial charge in [0.1, 0.15) is 13.2 Å². The van der Waals surface area contributed by atoms with Gasteiger partial charge in [-0.3, -0.25) is 13.8 Å². The molecule has 0 aliphatic rings. The Labute approximate surface area is 366 Å². The van der Waals surface area contributed by atoms with E-state index in [1.165, 1.54) is 180 Å². The maximum Gasteiger partial charge on any atom is 0.472 e. The highest BCUT2D eigenvalue weighted by atomic mass is 31.2. The average molecular weight is 856 g/mol. The molecular weight excluding hydrogens is 756 g/mol. The number of nitrogens with one attached hydrogen (secondary N) is 1. The van der Waals surface area contributed by atoms with Crippen LogP contribution in [0.2, 0.25) is 0 Å². The van der Waals surface area contributed by atoms with Gasteiger partial charge < -0.3 is 19.8 Å². The van der Waals surface area contributed by atoms with Crippen LogP contribution in [0.25, 0.3) is 0 Å². The first-order valence-corrected chi connectivity index (χ1v) is 26.7. The minimum absolute atomic E-state index is 0.0585. The Morgan fingerprint density at radius 3 is 1.36 bits per heavy atom. The van der Waals surface area contributed by atoms with Crippen LogP contribution in [0.4, 0.5) is 0 Å². The van der Waals surface area contributed by atoms with E-state index in [4.69, 9.17) is 9.05 Å². The molecule has 3 atom stereocenters. The van der Waals surface area contributed by atoms with Crippen LogP contribution in [-0.4, -0.2) is 73.4 Å². The number of amides is 1. The number of carbonyl (C=O) groups is 1. The predicted molar refractivity (Wildman–Crippen MR) is 254 cm³/mol. The summed E-state index contributed by atoms with van der Waals surface area (Å²) in [6.07, 6.45) is 51.1. The van der Waals surface area contributed by atoms with Crippen LogP contribution in [0.1, 0.15) is 239 Å². The Kier molecular flexibility index (Phi) is 41.6. The standard InChI is InChI=1S/C50H99N2O6P/c1-6-8-10-12-14-16-18-20-22-24-25-26-28-30-32-34-36-38-40-42-44-50(54)51-48(47-58-59(55,56)57-46-45-52(3,4)5)49(53)43-41-39-37-35-33-31-29-27-23-21-19-17-15-13-11-9-7-2/h33,35,41,43,48-49,53H,6-32,34,36-40,42,44-47H2,1-5H3,(H-,51,54,55,56)/p+1/b35-33+,43-41+. The van der Waals surface area contributed by atoms with Gasteiger partial charge in [-0.25, -0.2) is 4.57 Å². The van der Waals surface area contributed by atoms with Gasteiger partial charge in [0, 0.05) is 6.42 Å². The van der Waals surface area contributed by atoms with Crippen molar-refractivity contribution in [2.45, 2.75) is 251 Å². The second-order valence-electron chi connectivity index (χ2n) is 18.5. The third kappa shape index (κ3) is 44.8. The zero-order chi connectivity index (χ0) is 43.6. The summed E-state index contributed by atoms with van der Waals surface area (Å²) in [6, 6.07) is -0.858. The van der Waals surface area contributed by atoms with Gasteiger partial charge in [0.2, 0.25) is 5.91 Å². The number of nitrogens with zero attached hydrogens (tertiary/aromatic N) is 1. The van der Waals surface area contributed by atoms with E-state index >= 15 is 0 Å². The molecule has 3 N–H and O–H groups in total. The number of rotatable bonds is 46. The molecule has 3 unspecified atom stereocenters. The summed E-state index contributed by atoms with van der Waals surface area (Å²) in [7, 11) is 1.56. The highest BCUT2D eigenvalue weighted by molar-refractivity contribution is 7.47. The molecule has 59 heavy (non-hydrogen) atoms. The fraction of sp³-hybridized carbons (Fsp3) is 0.900. The van der Waals surface area contributed by atoms with Gasteiger partial charge in [0.15, 0.2) is 0 Å². The van der Waals surface area contributed by atoms with Crippen LogP contribution in [0.15, 0.2) is 24.3 Å². The van der Waals surface area contributed by atoms with E-state index in [-0.39, 0.29) is 19.1 Å². The quantitative estimate of drug-likeness (QED) is 0.0244. The fourth-order valence-electron chi connectivity index (χ4n) is 7.41. The number of allylic oxidation sites excluding steroid dienone is 3. The number of likely N-dealkylation sites (N-methyl/N-ethyl adjacent to an activating group) is 1. The topological polar surface area (TPSA) is 105 Å². The van der Waals surface area contributed by atoms with Crippen LogP contribution in [0, 0.1) is 0 Å². The summed E-state index contributed by atoms with van der Waals surface area (Å²) in [5, 5.41) is 13.9. The SMILES string of the molecule is CCCCCCCCCCCCC/C=C/CC/C=C/C(O)C(COP(=O)(O)OCC[N+](C)(C)C)NC(=O)CCCCCCCCCCCCCCCCCCCCCC. The van der Waals surface area contributed by atoms with Crippen molar-refractivity contribution in [2.75, 3.05) is 40.9 Å². The fourth-order valence-corrected chi connectivity index (χ4v) is 8.15. The molecule has 0 spiro atoms. The molecule has 0 saturated carbocycles. The molecule has 0 fully saturated rings. The first-order valence-electron chi connectivity index (χ1n) is 25.2. The molecule has 1 amide bonds. The highest BCUT2D eigenvalue weighted by Crippen LogP contribution is 2.43. The van der Waals surface area contributed by atoms with Gasteiger partial charge in [-0.1, -0.05) is 224 Å². The Morgan fingerprint density at radius 1 is 0.559 bits per heavy atom. The minimum Gasteiger partial charge on any atom is -0.387 e. The summed E-state index contributed by atoms with van der Waals surface area (Å²) >= 11 is 0. The molecule has 0 aromatic heterocycles. The van der Waals surface area contributed by atoms with Gasteiger partial charge in [-0.05, 0) is 32.1 Å². The number of phosphoric ester groups is 1. The Morgan fingerprint density at radius 2 is 0.932 bits per heavy atom. The van der Waals surface area contributed by atoms with E-state index < -0.39 is 20.0 Å². The Balaban J connectivity index is 4.33. The van der Waals surface area contributed by atoms with E-state index in [0.29, 0.717) is 17.4 Å². The first-order chi connectivity index (χ1) is 28.5. The maximum absolute atomic E-state index is 12.9. The lowest BCUT2D eigenvalue weighted by molar-refractivity contribution is -0.870. The maximum atomic E-state index is 12.9. The Bertz CT molecular complexity index is 1020. The van der Waals surface area contributed by atoms with Crippen molar-refractivity contribution in [1.29, 1.82) is 0 Å². The largest absolute Gasteiger partial charge is 0.472 e. The minimum atomic E-state index is -4.35. The van der Waals surface area contributed by atoms with Crippen molar-refractivity contribution in [3.63, 3.8) is 0 Å². The summed E-state index contributed by atoms with van der Waals surface area (Å²) in [4.78, 5) is 23.2. The van der Waals surface area contributed by atoms with E-state index in [1.807, 2.05) is 27.2 Å². The smallest absolute Gasteiger partial charge is 0.387 e. The molecule has 0 rings (SSSR count). The second-order valence-corrected chi connectivity index (χ2v) is 20.0. The van der Waals surface area contributed by atoms with E-state index in [2.05, 4.69) is 31.3 Å². The molecule has 0 aliphatic carbocycles. The molecule has 0 radical (unpaired) electrons. The summed E-state index contributed by atoms with van der Waals surface area (Å²) in [5.74, 6) is -0.183. The van der Waals surface area contributed by atoms with Crippen molar-refractivity contribution < 1.29 is 32.9 Å². The van der Waals surface area contributed by atoms with Crippen LogP contribution in [0.3, 0.4) is 0 Å². The van der Waals surface area contributed by atoms with Gasteiger partial charge in [0.05, 0.1) is 39.9 Å². The second kappa shape index (κ2) is 42.3. The normalized spacial score (nSPS) is 14.4. The molecule has 0 aromatic carbocycles. The average Bonchev–Trinajstić information content (AvgIpc) is 3.19. The third-order valence-corrected chi connectivity index (χ3v) is 12.4. The number of quaternary nitrogens is 1. The number of hydrogen-bond acceptors (Lipinski definition) is 5. The lowest BCUT2D eigenvalue weighted by Crippen LogP contribution is -2.45. The molecule has 8 nitrogen and oxygen atoms in total. The van der Waals surface area contributed by atoms with Crippen molar-refractivity contribution in [3.05, 3.63) is 24.3 Å². The molecule has 0 bridgehead atoms. The zero-order valence-corrected chi connectivity index (χ0v) is 40.7. The molecule has 350 valence electrons. The lowest BCUT2D eigenvalue weighted by atomic mass is 10.0. The zero-order valence-electron chi connectivity index (χ0n) is 39.8. The van der Waals surface area contributed by atoms with Crippen LogP contribution in [-0.2, 0) is 18.4 Å². The van der Waals surface area contributed by atoms with Crippen LogP contribution < -0.4 is 5.32 Å².